The van der Waals surface area contributed by atoms with Crippen molar-refractivity contribution in [3.05, 3.63) is 59.9 Å². The highest BCUT2D eigenvalue weighted by molar-refractivity contribution is 6.28. The van der Waals surface area contributed by atoms with Crippen LogP contribution in [-0.2, 0) is 0 Å². The van der Waals surface area contributed by atoms with Crippen molar-refractivity contribution in [2.75, 3.05) is 7.11 Å². The maximum Gasteiger partial charge on any atom is 0.229 e. The van der Waals surface area contributed by atoms with E-state index in [0.29, 0.717) is 11.1 Å². The van der Waals surface area contributed by atoms with E-state index in [9.17, 15) is 0 Å². The quantitative estimate of drug-likeness (QED) is 0.738. The number of halogens is 1. The van der Waals surface area contributed by atoms with Gasteiger partial charge in [0, 0.05) is 11.6 Å². The first-order valence-electron chi connectivity index (χ1n) is 6.10. The van der Waals surface area contributed by atoms with Crippen LogP contribution in [0.4, 0.5) is 0 Å². The van der Waals surface area contributed by atoms with Gasteiger partial charge >= 0.3 is 0 Å². The Bertz CT molecular complexity index is 725. The van der Waals surface area contributed by atoms with E-state index in [0.717, 1.165) is 17.0 Å². The number of nitrogens with zero attached hydrogens (tertiary/aromatic N) is 3. The molecule has 0 bridgehead atoms. The van der Waals surface area contributed by atoms with Crippen LogP contribution in [0.15, 0.2) is 54.6 Å². The number of methoxy groups -OCH3 is 1. The van der Waals surface area contributed by atoms with Gasteiger partial charge in [0.05, 0.1) is 12.8 Å². The van der Waals surface area contributed by atoms with E-state index in [-0.39, 0.29) is 0 Å². The van der Waals surface area contributed by atoms with E-state index < -0.39 is 0 Å². The van der Waals surface area contributed by atoms with Crippen LogP contribution in [0, 0.1) is 0 Å². The standard InChI is InChI=1S/C15H12ClN3O/c1-20-13-9-5-8-12(10-13)19-14(17-18-15(19)16)11-6-3-2-4-7-11/h2-10H,1H3. The van der Waals surface area contributed by atoms with Gasteiger partial charge in [-0.1, -0.05) is 36.4 Å². The molecule has 3 aromatic rings. The van der Waals surface area contributed by atoms with Crippen LogP contribution in [0.1, 0.15) is 0 Å². The molecule has 4 nitrogen and oxygen atoms in total. The zero-order valence-electron chi connectivity index (χ0n) is 10.8. The topological polar surface area (TPSA) is 39.9 Å². The first-order chi connectivity index (χ1) is 9.79. The molecule has 0 N–H and O–H groups in total. The normalized spacial score (nSPS) is 10.5. The van der Waals surface area contributed by atoms with E-state index in [1.165, 1.54) is 0 Å². The van der Waals surface area contributed by atoms with Crippen LogP contribution in [0.5, 0.6) is 5.75 Å². The second-order valence-electron chi connectivity index (χ2n) is 4.20. The molecule has 1 heterocycles. The Balaban J connectivity index is 2.16. The van der Waals surface area contributed by atoms with Gasteiger partial charge in [-0.3, -0.25) is 4.57 Å². The molecule has 3 rings (SSSR count). The van der Waals surface area contributed by atoms with Crippen molar-refractivity contribution in [1.29, 1.82) is 0 Å². The van der Waals surface area contributed by atoms with Crippen molar-refractivity contribution >= 4 is 11.6 Å². The molecule has 0 spiro atoms. The number of hydrogen-bond acceptors (Lipinski definition) is 3. The second kappa shape index (κ2) is 5.35. The summed E-state index contributed by atoms with van der Waals surface area (Å²) in [4.78, 5) is 0. The predicted molar refractivity (Wildman–Crippen MR) is 78.4 cm³/mol. The molecule has 0 aliphatic rings. The SMILES string of the molecule is COc1cccc(-n2c(Cl)nnc2-c2ccccc2)c1. The highest BCUT2D eigenvalue weighted by atomic mass is 35.5. The van der Waals surface area contributed by atoms with Crippen LogP contribution in [0.2, 0.25) is 5.28 Å². The summed E-state index contributed by atoms with van der Waals surface area (Å²) in [5, 5.41) is 8.44. The summed E-state index contributed by atoms with van der Waals surface area (Å²) in [5.41, 5.74) is 1.81. The molecule has 1 aromatic heterocycles. The third kappa shape index (κ3) is 2.26. The van der Waals surface area contributed by atoms with Crippen molar-refractivity contribution in [2.24, 2.45) is 0 Å². The van der Waals surface area contributed by atoms with Crippen molar-refractivity contribution in [1.82, 2.24) is 14.8 Å². The Hall–Kier alpha value is -2.33. The van der Waals surface area contributed by atoms with Gasteiger partial charge in [-0.15, -0.1) is 10.2 Å². The molecule has 0 radical (unpaired) electrons. The van der Waals surface area contributed by atoms with Crippen LogP contribution in [-0.4, -0.2) is 21.9 Å². The maximum atomic E-state index is 6.17. The molecule has 0 atom stereocenters. The van der Waals surface area contributed by atoms with Gasteiger partial charge in [-0.25, -0.2) is 0 Å². The number of benzene rings is 2. The Kier molecular flexibility index (Phi) is 3.39. The van der Waals surface area contributed by atoms with E-state index >= 15 is 0 Å². The van der Waals surface area contributed by atoms with Gasteiger partial charge in [-0.05, 0) is 23.7 Å². The first-order valence-corrected chi connectivity index (χ1v) is 6.48. The van der Waals surface area contributed by atoms with Crippen molar-refractivity contribution in [2.45, 2.75) is 0 Å². The van der Waals surface area contributed by atoms with Gasteiger partial charge in [-0.2, -0.15) is 0 Å². The average Bonchev–Trinajstić information content (AvgIpc) is 2.90. The monoisotopic (exact) mass is 285 g/mol. The molecule has 0 unspecified atom stereocenters. The fourth-order valence-corrected chi connectivity index (χ4v) is 2.23. The van der Waals surface area contributed by atoms with E-state index in [2.05, 4.69) is 10.2 Å². The minimum atomic E-state index is 0.317. The molecule has 0 amide bonds. The van der Waals surface area contributed by atoms with Gasteiger partial charge in [0.2, 0.25) is 5.28 Å². The summed E-state index contributed by atoms with van der Waals surface area (Å²) in [6.45, 7) is 0. The van der Waals surface area contributed by atoms with Gasteiger partial charge < -0.3 is 4.74 Å². The van der Waals surface area contributed by atoms with Gasteiger partial charge in [0.15, 0.2) is 5.82 Å². The molecule has 0 saturated heterocycles. The molecular weight excluding hydrogens is 274 g/mol. The Morgan fingerprint density at radius 2 is 1.80 bits per heavy atom. The van der Waals surface area contributed by atoms with Gasteiger partial charge in [0.25, 0.3) is 0 Å². The summed E-state index contributed by atoms with van der Waals surface area (Å²) in [6.07, 6.45) is 0. The molecule has 0 aliphatic carbocycles. The molecule has 100 valence electrons. The third-order valence-corrected chi connectivity index (χ3v) is 3.21. The highest BCUT2D eigenvalue weighted by Gasteiger charge is 2.14. The Labute approximate surface area is 121 Å². The zero-order chi connectivity index (χ0) is 13.9. The fourth-order valence-electron chi connectivity index (χ4n) is 2.02. The lowest BCUT2D eigenvalue weighted by Gasteiger charge is -2.09. The Morgan fingerprint density at radius 1 is 1.00 bits per heavy atom. The number of aromatic nitrogens is 3. The molecule has 5 heteroatoms. The van der Waals surface area contributed by atoms with Crippen molar-refractivity contribution < 1.29 is 4.74 Å². The lowest BCUT2D eigenvalue weighted by Crippen LogP contribution is -1.98. The average molecular weight is 286 g/mol. The van der Waals surface area contributed by atoms with Crippen LogP contribution >= 0.6 is 11.6 Å². The van der Waals surface area contributed by atoms with Crippen molar-refractivity contribution in [3.8, 4) is 22.8 Å². The van der Waals surface area contributed by atoms with Gasteiger partial charge in [0.1, 0.15) is 5.75 Å². The smallest absolute Gasteiger partial charge is 0.229 e. The van der Waals surface area contributed by atoms with Crippen molar-refractivity contribution in [3.63, 3.8) is 0 Å². The first kappa shape index (κ1) is 12.7. The van der Waals surface area contributed by atoms with E-state index in [1.807, 2.05) is 54.6 Å². The summed E-state index contributed by atoms with van der Waals surface area (Å²) in [5.74, 6) is 1.45. The number of hydrogen-bond donors (Lipinski definition) is 0. The summed E-state index contributed by atoms with van der Waals surface area (Å²) in [6, 6.07) is 17.4. The number of rotatable bonds is 3. The minimum Gasteiger partial charge on any atom is -0.497 e. The molecule has 0 aliphatic heterocycles. The largest absolute Gasteiger partial charge is 0.497 e. The minimum absolute atomic E-state index is 0.317. The highest BCUT2D eigenvalue weighted by Crippen LogP contribution is 2.26. The Morgan fingerprint density at radius 3 is 2.55 bits per heavy atom. The lowest BCUT2D eigenvalue weighted by atomic mass is 10.2. The molecule has 0 saturated carbocycles. The maximum absolute atomic E-state index is 6.17. The predicted octanol–water partition coefficient (Wildman–Crippen LogP) is 3.60. The molecule has 2 aromatic carbocycles. The summed E-state index contributed by atoms with van der Waals surface area (Å²) >= 11 is 6.17. The van der Waals surface area contributed by atoms with E-state index in [1.54, 1.807) is 11.7 Å². The zero-order valence-corrected chi connectivity index (χ0v) is 11.6. The second-order valence-corrected chi connectivity index (χ2v) is 4.53. The fraction of sp³-hybridized carbons (Fsp3) is 0.0667. The summed E-state index contributed by atoms with van der Waals surface area (Å²) < 4.78 is 7.03. The molecule has 0 fully saturated rings. The summed E-state index contributed by atoms with van der Waals surface area (Å²) in [7, 11) is 1.63. The van der Waals surface area contributed by atoms with E-state index in [4.69, 9.17) is 16.3 Å². The van der Waals surface area contributed by atoms with Crippen LogP contribution < -0.4 is 4.74 Å². The van der Waals surface area contributed by atoms with Crippen LogP contribution in [0.3, 0.4) is 0 Å². The third-order valence-electron chi connectivity index (χ3n) is 2.97. The molecular formula is C15H12ClN3O. The van der Waals surface area contributed by atoms with Crippen LogP contribution in [0.25, 0.3) is 17.1 Å². The molecule has 20 heavy (non-hydrogen) atoms. The lowest BCUT2D eigenvalue weighted by molar-refractivity contribution is 0.414. The number of ether oxygens (including phenoxy) is 1.